The van der Waals surface area contributed by atoms with Crippen LogP contribution in [-0.4, -0.2) is 64.9 Å². The molecule has 1 atom stereocenters. The van der Waals surface area contributed by atoms with Crippen LogP contribution in [0.3, 0.4) is 0 Å². The average molecular weight is 515 g/mol. The second kappa shape index (κ2) is 14.3. The van der Waals surface area contributed by atoms with Crippen molar-refractivity contribution in [3.8, 4) is 6.07 Å². The van der Waals surface area contributed by atoms with Gasteiger partial charge in [-0.05, 0) is 72.7 Å². The Labute approximate surface area is 215 Å². The number of anilines is 1. The molecule has 0 saturated carbocycles. The van der Waals surface area contributed by atoms with E-state index in [1.807, 2.05) is 24.3 Å². The molecule has 0 spiro atoms. The van der Waals surface area contributed by atoms with E-state index in [-0.39, 0.29) is 36.9 Å². The van der Waals surface area contributed by atoms with Gasteiger partial charge in [-0.2, -0.15) is 5.26 Å². The quantitative estimate of drug-likeness (QED) is 0.288. The first-order valence-corrected chi connectivity index (χ1v) is 14.5. The SMILES string of the molecule is CCCC1CCCCN1c1ccc2cc(/C=C(\C#N)S(=O)(=O)CCCOCCOCCO)ccc2c1. The first-order chi connectivity index (χ1) is 17.5. The number of ether oxygens (including phenoxy) is 2. The van der Waals surface area contributed by atoms with Crippen LogP contribution in [0, 0.1) is 11.3 Å². The van der Waals surface area contributed by atoms with E-state index in [4.69, 9.17) is 14.6 Å². The Morgan fingerprint density at radius 3 is 2.61 bits per heavy atom. The molecule has 196 valence electrons. The largest absolute Gasteiger partial charge is 0.394 e. The molecular formula is C28H38N2O5S. The number of aliphatic hydroxyl groups excluding tert-OH is 1. The lowest BCUT2D eigenvalue weighted by Crippen LogP contribution is -2.39. The Morgan fingerprint density at radius 1 is 1.11 bits per heavy atom. The molecule has 0 aliphatic carbocycles. The highest BCUT2D eigenvalue weighted by atomic mass is 32.2. The number of rotatable bonds is 14. The molecule has 1 aliphatic rings. The molecule has 7 nitrogen and oxygen atoms in total. The Hall–Kier alpha value is -2.44. The van der Waals surface area contributed by atoms with Gasteiger partial charge in [0.15, 0.2) is 9.84 Å². The molecule has 2 aromatic rings. The summed E-state index contributed by atoms with van der Waals surface area (Å²) >= 11 is 0. The molecule has 0 radical (unpaired) electrons. The minimum Gasteiger partial charge on any atom is -0.394 e. The van der Waals surface area contributed by atoms with Crippen LogP contribution in [0.2, 0.25) is 0 Å². The van der Waals surface area contributed by atoms with E-state index in [0.29, 0.717) is 24.8 Å². The highest BCUT2D eigenvalue weighted by Crippen LogP contribution is 2.30. The first kappa shape index (κ1) is 28.1. The second-order valence-corrected chi connectivity index (χ2v) is 11.2. The Bertz CT molecular complexity index is 1150. The third-order valence-corrected chi connectivity index (χ3v) is 8.19. The molecule has 1 N–H and O–H groups in total. The Kier molecular flexibility index (Phi) is 11.2. The third-order valence-electron chi connectivity index (χ3n) is 6.48. The number of nitriles is 1. The van der Waals surface area contributed by atoms with Crippen molar-refractivity contribution in [1.29, 1.82) is 5.26 Å². The molecule has 1 aliphatic heterocycles. The number of allylic oxidation sites excluding steroid dienone is 1. The number of sulfone groups is 1. The number of benzene rings is 2. The monoisotopic (exact) mass is 514 g/mol. The van der Waals surface area contributed by atoms with Crippen LogP contribution in [0.25, 0.3) is 16.8 Å². The van der Waals surface area contributed by atoms with Gasteiger partial charge in [0.2, 0.25) is 0 Å². The fourth-order valence-electron chi connectivity index (χ4n) is 4.68. The summed E-state index contributed by atoms with van der Waals surface area (Å²) in [7, 11) is -3.71. The molecule has 2 aromatic carbocycles. The van der Waals surface area contributed by atoms with Crippen LogP contribution in [0.1, 0.15) is 51.0 Å². The highest BCUT2D eigenvalue weighted by molar-refractivity contribution is 7.95. The molecule has 1 fully saturated rings. The van der Waals surface area contributed by atoms with Gasteiger partial charge < -0.3 is 19.5 Å². The molecule has 0 aromatic heterocycles. The van der Waals surface area contributed by atoms with E-state index >= 15 is 0 Å². The van der Waals surface area contributed by atoms with E-state index in [2.05, 4.69) is 30.0 Å². The molecule has 1 unspecified atom stereocenters. The van der Waals surface area contributed by atoms with E-state index in [1.54, 1.807) is 0 Å². The average Bonchev–Trinajstić information content (AvgIpc) is 2.89. The molecule has 0 amide bonds. The summed E-state index contributed by atoms with van der Waals surface area (Å²) in [6, 6.07) is 14.7. The van der Waals surface area contributed by atoms with Crippen molar-refractivity contribution in [1.82, 2.24) is 0 Å². The van der Waals surface area contributed by atoms with E-state index < -0.39 is 9.84 Å². The third kappa shape index (κ3) is 8.04. The molecule has 1 saturated heterocycles. The summed E-state index contributed by atoms with van der Waals surface area (Å²) in [6.45, 7) is 4.47. The number of hydrogen-bond acceptors (Lipinski definition) is 7. The maximum Gasteiger partial charge on any atom is 0.188 e. The Balaban J connectivity index is 1.65. The summed E-state index contributed by atoms with van der Waals surface area (Å²) in [5, 5.41) is 20.3. The minimum absolute atomic E-state index is 0.0438. The van der Waals surface area contributed by atoms with Crippen LogP contribution in [-0.2, 0) is 19.3 Å². The number of piperidine rings is 1. The topological polar surface area (TPSA) is 99.9 Å². The number of hydrogen-bond donors (Lipinski definition) is 1. The van der Waals surface area contributed by atoms with Crippen molar-refractivity contribution in [2.75, 3.05) is 50.2 Å². The van der Waals surface area contributed by atoms with Crippen molar-refractivity contribution in [3.05, 3.63) is 46.9 Å². The van der Waals surface area contributed by atoms with Gasteiger partial charge >= 0.3 is 0 Å². The van der Waals surface area contributed by atoms with Gasteiger partial charge in [0.1, 0.15) is 11.0 Å². The van der Waals surface area contributed by atoms with Gasteiger partial charge in [-0.3, -0.25) is 0 Å². The fourth-order valence-corrected chi connectivity index (χ4v) is 5.86. The van der Waals surface area contributed by atoms with Crippen LogP contribution in [0.15, 0.2) is 41.3 Å². The molecule has 8 heteroatoms. The van der Waals surface area contributed by atoms with Crippen LogP contribution in [0.4, 0.5) is 5.69 Å². The fraction of sp³-hybridized carbons (Fsp3) is 0.536. The smallest absolute Gasteiger partial charge is 0.188 e. The van der Waals surface area contributed by atoms with Gasteiger partial charge in [-0.15, -0.1) is 0 Å². The van der Waals surface area contributed by atoms with Gasteiger partial charge in [0.25, 0.3) is 0 Å². The molecule has 0 bridgehead atoms. The van der Waals surface area contributed by atoms with Crippen LogP contribution in [0.5, 0.6) is 0 Å². The maximum absolute atomic E-state index is 12.7. The number of aliphatic hydroxyl groups is 1. The summed E-state index contributed by atoms with van der Waals surface area (Å²) in [6.07, 6.45) is 7.89. The second-order valence-electron chi connectivity index (χ2n) is 9.16. The maximum atomic E-state index is 12.7. The lowest BCUT2D eigenvalue weighted by molar-refractivity contribution is 0.0335. The first-order valence-electron chi connectivity index (χ1n) is 12.9. The van der Waals surface area contributed by atoms with Crippen molar-refractivity contribution in [2.24, 2.45) is 0 Å². The van der Waals surface area contributed by atoms with E-state index in [9.17, 15) is 13.7 Å². The minimum atomic E-state index is -3.71. The lowest BCUT2D eigenvalue weighted by atomic mass is 9.96. The summed E-state index contributed by atoms with van der Waals surface area (Å²) in [5.74, 6) is -0.157. The van der Waals surface area contributed by atoms with Crippen molar-refractivity contribution >= 4 is 32.4 Å². The summed E-state index contributed by atoms with van der Waals surface area (Å²) in [4.78, 5) is 2.30. The summed E-state index contributed by atoms with van der Waals surface area (Å²) < 4.78 is 35.8. The molecule has 36 heavy (non-hydrogen) atoms. The predicted octanol–water partition coefficient (Wildman–Crippen LogP) is 4.69. The van der Waals surface area contributed by atoms with Gasteiger partial charge in [-0.25, -0.2) is 8.42 Å². The van der Waals surface area contributed by atoms with E-state index in [1.165, 1.54) is 43.9 Å². The van der Waals surface area contributed by atoms with Crippen LogP contribution >= 0.6 is 0 Å². The zero-order valence-electron chi connectivity index (χ0n) is 21.2. The van der Waals surface area contributed by atoms with Crippen molar-refractivity contribution < 1.29 is 23.0 Å². The van der Waals surface area contributed by atoms with Gasteiger partial charge in [0, 0.05) is 24.9 Å². The normalized spacial score (nSPS) is 16.9. The molecule has 1 heterocycles. The summed E-state index contributed by atoms with van der Waals surface area (Å²) in [5.41, 5.74) is 1.93. The molecule has 3 rings (SSSR count). The van der Waals surface area contributed by atoms with Crippen molar-refractivity contribution in [3.63, 3.8) is 0 Å². The highest BCUT2D eigenvalue weighted by Gasteiger charge is 2.22. The number of fused-ring (bicyclic) bond motifs is 1. The lowest BCUT2D eigenvalue weighted by Gasteiger charge is -2.37. The van der Waals surface area contributed by atoms with Gasteiger partial charge in [0.05, 0.1) is 32.2 Å². The zero-order chi connectivity index (χ0) is 25.8. The predicted molar refractivity (Wildman–Crippen MR) is 145 cm³/mol. The van der Waals surface area contributed by atoms with Crippen molar-refractivity contribution in [2.45, 2.75) is 51.5 Å². The van der Waals surface area contributed by atoms with Gasteiger partial charge in [-0.1, -0.05) is 31.5 Å². The zero-order valence-corrected chi connectivity index (χ0v) is 22.0. The Morgan fingerprint density at radius 2 is 1.86 bits per heavy atom. The molecular weight excluding hydrogens is 476 g/mol. The standard InChI is InChI=1S/C28H38N2O5S/c1-2-6-26-7-3-4-12-30(26)27-11-10-24-19-23(8-9-25(24)21-27)20-28(22-29)36(32,33)18-5-14-34-16-17-35-15-13-31/h8-11,19-21,26,31H,2-7,12-18H2,1H3/b28-20+. The van der Waals surface area contributed by atoms with E-state index in [0.717, 1.165) is 17.3 Å². The van der Waals surface area contributed by atoms with Crippen LogP contribution < -0.4 is 4.90 Å². The number of nitrogens with zero attached hydrogens (tertiary/aromatic N) is 2.